The predicted molar refractivity (Wildman–Crippen MR) is 69.3 cm³/mol. The van der Waals surface area contributed by atoms with Crippen molar-refractivity contribution in [2.45, 2.75) is 26.7 Å². The van der Waals surface area contributed by atoms with Crippen molar-refractivity contribution < 1.29 is 9.53 Å². The lowest BCUT2D eigenvalue weighted by Crippen LogP contribution is -2.24. The van der Waals surface area contributed by atoms with Crippen molar-refractivity contribution >= 4 is 17.3 Å². The van der Waals surface area contributed by atoms with Crippen LogP contribution in [0.25, 0.3) is 0 Å². The summed E-state index contributed by atoms with van der Waals surface area (Å²) < 4.78 is 4.89. The third-order valence-electron chi connectivity index (χ3n) is 2.57. The van der Waals surface area contributed by atoms with E-state index in [9.17, 15) is 4.79 Å². The van der Waals surface area contributed by atoms with Gasteiger partial charge < -0.3 is 9.64 Å². The van der Waals surface area contributed by atoms with E-state index in [0.717, 1.165) is 25.2 Å². The second-order valence-corrected chi connectivity index (χ2v) is 4.91. The highest BCUT2D eigenvalue weighted by atomic mass is 32.1. The molecule has 1 rings (SSSR count). The summed E-state index contributed by atoms with van der Waals surface area (Å²) in [5.74, 6) is -0.117. The predicted octanol–water partition coefficient (Wildman–Crippen LogP) is 1.88. The second kappa shape index (κ2) is 7.40. The number of aryl methyl sites for hydroxylation is 1. The van der Waals surface area contributed by atoms with Gasteiger partial charge in [-0.25, -0.2) is 4.98 Å². The van der Waals surface area contributed by atoms with Crippen LogP contribution in [0.15, 0.2) is 5.51 Å². The Balaban J connectivity index is 2.19. The Morgan fingerprint density at radius 2 is 2.29 bits per heavy atom. The van der Waals surface area contributed by atoms with Gasteiger partial charge in [-0.05, 0) is 27.3 Å². The first-order chi connectivity index (χ1) is 8.13. The van der Waals surface area contributed by atoms with Crippen molar-refractivity contribution in [3.8, 4) is 0 Å². The summed E-state index contributed by atoms with van der Waals surface area (Å²) >= 11 is 1.69. The summed E-state index contributed by atoms with van der Waals surface area (Å²) in [5, 5.41) is 0. The van der Waals surface area contributed by atoms with Crippen molar-refractivity contribution in [1.29, 1.82) is 0 Å². The Hall–Kier alpha value is -0.940. The SMILES string of the molecule is CCOC(=O)CCN(C)CCc1scnc1C. The Kier molecular flexibility index (Phi) is 6.15. The van der Waals surface area contributed by atoms with Crippen LogP contribution >= 0.6 is 11.3 Å². The Morgan fingerprint density at radius 3 is 2.88 bits per heavy atom. The van der Waals surface area contributed by atoms with E-state index in [0.29, 0.717) is 13.0 Å². The maximum atomic E-state index is 11.2. The summed E-state index contributed by atoms with van der Waals surface area (Å²) in [5.41, 5.74) is 3.00. The number of ether oxygens (including phenoxy) is 1. The number of rotatable bonds is 7. The van der Waals surface area contributed by atoms with Crippen LogP contribution in [0, 0.1) is 6.92 Å². The van der Waals surface area contributed by atoms with E-state index in [4.69, 9.17) is 4.74 Å². The normalized spacial score (nSPS) is 10.8. The molecule has 4 nitrogen and oxygen atoms in total. The van der Waals surface area contributed by atoms with Gasteiger partial charge in [0.15, 0.2) is 0 Å². The topological polar surface area (TPSA) is 42.4 Å². The highest BCUT2D eigenvalue weighted by molar-refractivity contribution is 7.09. The van der Waals surface area contributed by atoms with Gasteiger partial charge in [-0.2, -0.15) is 0 Å². The molecular formula is C12H20N2O2S. The number of aromatic nitrogens is 1. The second-order valence-electron chi connectivity index (χ2n) is 3.97. The number of thiazole rings is 1. The molecule has 0 unspecified atom stereocenters. The van der Waals surface area contributed by atoms with Gasteiger partial charge in [0.1, 0.15) is 0 Å². The first kappa shape index (κ1) is 14.1. The van der Waals surface area contributed by atoms with Crippen LogP contribution < -0.4 is 0 Å². The van der Waals surface area contributed by atoms with E-state index >= 15 is 0 Å². The van der Waals surface area contributed by atoms with Crippen LogP contribution in [0.2, 0.25) is 0 Å². The summed E-state index contributed by atoms with van der Waals surface area (Å²) in [6.45, 7) is 6.01. The third kappa shape index (κ3) is 5.28. The highest BCUT2D eigenvalue weighted by Crippen LogP contribution is 2.12. The first-order valence-electron chi connectivity index (χ1n) is 5.86. The van der Waals surface area contributed by atoms with E-state index in [2.05, 4.69) is 9.88 Å². The number of carbonyl (C=O) groups excluding carboxylic acids is 1. The number of hydrogen-bond donors (Lipinski definition) is 0. The van der Waals surface area contributed by atoms with Crippen molar-refractivity contribution in [2.75, 3.05) is 26.7 Å². The molecule has 1 heterocycles. The zero-order valence-corrected chi connectivity index (χ0v) is 11.5. The molecule has 0 aromatic carbocycles. The smallest absolute Gasteiger partial charge is 0.307 e. The van der Waals surface area contributed by atoms with E-state index in [1.807, 2.05) is 26.4 Å². The standard InChI is InChI=1S/C12H20N2O2S/c1-4-16-12(15)6-8-14(3)7-5-11-10(2)13-9-17-11/h9H,4-8H2,1-3H3. The molecule has 0 saturated carbocycles. The molecule has 96 valence electrons. The number of esters is 1. The minimum Gasteiger partial charge on any atom is -0.466 e. The van der Waals surface area contributed by atoms with Crippen molar-refractivity contribution in [3.05, 3.63) is 16.1 Å². The van der Waals surface area contributed by atoms with Gasteiger partial charge >= 0.3 is 5.97 Å². The molecule has 0 atom stereocenters. The lowest BCUT2D eigenvalue weighted by atomic mass is 10.3. The van der Waals surface area contributed by atoms with Crippen LogP contribution in [-0.4, -0.2) is 42.6 Å². The van der Waals surface area contributed by atoms with Crippen molar-refractivity contribution in [3.63, 3.8) is 0 Å². The van der Waals surface area contributed by atoms with Gasteiger partial charge in [-0.3, -0.25) is 4.79 Å². The Bertz CT molecular complexity index is 352. The molecule has 0 aliphatic heterocycles. The zero-order valence-electron chi connectivity index (χ0n) is 10.7. The van der Waals surface area contributed by atoms with E-state index in [-0.39, 0.29) is 5.97 Å². The fourth-order valence-electron chi connectivity index (χ4n) is 1.49. The first-order valence-corrected chi connectivity index (χ1v) is 6.74. The molecule has 0 fully saturated rings. The molecule has 0 spiro atoms. The quantitative estimate of drug-likeness (QED) is 0.699. The fraction of sp³-hybridized carbons (Fsp3) is 0.667. The van der Waals surface area contributed by atoms with Crippen molar-refractivity contribution in [1.82, 2.24) is 9.88 Å². The molecule has 0 aliphatic rings. The maximum absolute atomic E-state index is 11.2. The maximum Gasteiger partial charge on any atom is 0.307 e. The molecule has 0 amide bonds. The van der Waals surface area contributed by atoms with Crippen LogP contribution in [-0.2, 0) is 16.0 Å². The zero-order chi connectivity index (χ0) is 12.7. The van der Waals surface area contributed by atoms with Gasteiger partial charge in [-0.15, -0.1) is 11.3 Å². The lowest BCUT2D eigenvalue weighted by Gasteiger charge is -2.15. The van der Waals surface area contributed by atoms with E-state index < -0.39 is 0 Å². The molecule has 5 heteroatoms. The van der Waals surface area contributed by atoms with Gasteiger partial charge in [0.05, 0.1) is 24.2 Å². The molecular weight excluding hydrogens is 236 g/mol. The fourth-order valence-corrected chi connectivity index (χ4v) is 2.26. The molecule has 17 heavy (non-hydrogen) atoms. The van der Waals surface area contributed by atoms with Gasteiger partial charge in [0.25, 0.3) is 0 Å². The van der Waals surface area contributed by atoms with Crippen LogP contribution in [0.4, 0.5) is 0 Å². The number of nitrogens with zero attached hydrogens (tertiary/aromatic N) is 2. The summed E-state index contributed by atoms with van der Waals surface area (Å²) in [6, 6.07) is 0. The monoisotopic (exact) mass is 256 g/mol. The minimum atomic E-state index is -0.117. The third-order valence-corrected chi connectivity index (χ3v) is 3.56. The lowest BCUT2D eigenvalue weighted by molar-refractivity contribution is -0.143. The molecule has 0 saturated heterocycles. The van der Waals surface area contributed by atoms with Gasteiger partial charge in [0, 0.05) is 18.0 Å². The van der Waals surface area contributed by atoms with E-state index in [1.165, 1.54) is 4.88 Å². The average molecular weight is 256 g/mol. The number of hydrogen-bond acceptors (Lipinski definition) is 5. The van der Waals surface area contributed by atoms with Gasteiger partial charge in [0.2, 0.25) is 0 Å². The molecule has 0 aliphatic carbocycles. The summed E-state index contributed by atoms with van der Waals surface area (Å²) in [4.78, 5) is 18.9. The molecule has 1 aromatic rings. The molecule has 0 radical (unpaired) electrons. The summed E-state index contributed by atoms with van der Waals surface area (Å²) in [6.07, 6.45) is 1.46. The highest BCUT2D eigenvalue weighted by Gasteiger charge is 2.07. The number of carbonyl (C=O) groups is 1. The molecule has 0 bridgehead atoms. The van der Waals surface area contributed by atoms with Crippen molar-refractivity contribution in [2.24, 2.45) is 0 Å². The van der Waals surface area contributed by atoms with Crippen LogP contribution in [0.3, 0.4) is 0 Å². The molecule has 0 N–H and O–H groups in total. The largest absolute Gasteiger partial charge is 0.466 e. The van der Waals surface area contributed by atoms with Crippen LogP contribution in [0.1, 0.15) is 23.9 Å². The van der Waals surface area contributed by atoms with E-state index in [1.54, 1.807) is 11.3 Å². The average Bonchev–Trinajstić information content (AvgIpc) is 2.70. The number of likely N-dealkylation sites (N-methyl/N-ethyl adjacent to an activating group) is 1. The van der Waals surface area contributed by atoms with Crippen LogP contribution in [0.5, 0.6) is 0 Å². The molecule has 1 aromatic heterocycles. The Labute approximate surface area is 107 Å². The Morgan fingerprint density at radius 1 is 1.53 bits per heavy atom. The van der Waals surface area contributed by atoms with Gasteiger partial charge in [-0.1, -0.05) is 0 Å². The summed E-state index contributed by atoms with van der Waals surface area (Å²) in [7, 11) is 2.02. The minimum absolute atomic E-state index is 0.117.